The predicted molar refractivity (Wildman–Crippen MR) is 51.8 cm³/mol. The number of benzene rings is 1. The average Bonchev–Trinajstić information content (AvgIpc) is 2.20. The first-order valence-electron chi connectivity index (χ1n) is 4.51. The van der Waals surface area contributed by atoms with Crippen molar-refractivity contribution >= 4 is 5.97 Å². The maximum absolute atomic E-state index is 13.6. The van der Waals surface area contributed by atoms with Crippen LogP contribution >= 0.6 is 0 Å². The Kier molecular flexibility index (Phi) is 3.40. The molecule has 0 fully saturated rings. The van der Waals surface area contributed by atoms with Crippen molar-refractivity contribution < 1.29 is 14.3 Å². The summed E-state index contributed by atoms with van der Waals surface area (Å²) in [4.78, 5) is 10.5. The van der Waals surface area contributed by atoms with Crippen LogP contribution in [-0.4, -0.2) is 11.1 Å². The number of nitrogens with zero attached hydrogens (tertiary/aromatic N) is 1. The van der Waals surface area contributed by atoms with Gasteiger partial charge in [0.15, 0.2) is 0 Å². The van der Waals surface area contributed by atoms with E-state index in [1.54, 1.807) is 6.92 Å². The van der Waals surface area contributed by atoms with Gasteiger partial charge in [0.1, 0.15) is 5.82 Å². The van der Waals surface area contributed by atoms with Gasteiger partial charge in [0.2, 0.25) is 0 Å². The number of hydrogen-bond donors (Lipinski definition) is 1. The molecule has 1 aromatic rings. The predicted octanol–water partition coefficient (Wildman–Crippen LogP) is 1.89. The molecule has 1 N–H and O–H groups in total. The fraction of sp³-hybridized carbons (Fsp3) is 0.273. The Bertz CT molecular complexity index is 435. The van der Waals surface area contributed by atoms with E-state index in [0.717, 1.165) is 0 Å². The van der Waals surface area contributed by atoms with Crippen molar-refractivity contribution in [1.29, 1.82) is 5.26 Å². The fourth-order valence-corrected chi connectivity index (χ4v) is 1.36. The van der Waals surface area contributed by atoms with Gasteiger partial charge in [0, 0.05) is 5.56 Å². The molecule has 0 radical (unpaired) electrons. The second-order valence-electron chi connectivity index (χ2n) is 3.14. The van der Waals surface area contributed by atoms with Gasteiger partial charge in [-0.2, -0.15) is 5.26 Å². The van der Waals surface area contributed by atoms with Crippen LogP contribution in [0.4, 0.5) is 4.39 Å². The van der Waals surface area contributed by atoms with Crippen molar-refractivity contribution in [2.45, 2.75) is 19.8 Å². The maximum atomic E-state index is 13.6. The maximum Gasteiger partial charge on any atom is 0.307 e. The molecule has 1 rings (SSSR count). The third-order valence-electron chi connectivity index (χ3n) is 2.07. The standard InChI is InChI=1S/C11H10FNO2/c1-2-8-3-7(6-13)4-9(11(8)12)5-10(14)15/h3-4H,2,5H2,1H3,(H,14,15). The summed E-state index contributed by atoms with van der Waals surface area (Å²) in [5, 5.41) is 17.3. The number of aryl methyl sites for hydroxylation is 1. The molecule has 0 aliphatic rings. The summed E-state index contributed by atoms with van der Waals surface area (Å²) in [5.41, 5.74) is 0.744. The third kappa shape index (κ3) is 2.53. The minimum absolute atomic E-state index is 0.0680. The van der Waals surface area contributed by atoms with Crippen molar-refractivity contribution in [2.24, 2.45) is 0 Å². The molecule has 1 aromatic carbocycles. The Morgan fingerprint density at radius 1 is 1.53 bits per heavy atom. The summed E-state index contributed by atoms with van der Waals surface area (Å²) >= 11 is 0. The second kappa shape index (κ2) is 4.56. The van der Waals surface area contributed by atoms with Gasteiger partial charge in [-0.05, 0) is 24.1 Å². The van der Waals surface area contributed by atoms with Gasteiger partial charge in [-0.15, -0.1) is 0 Å². The average molecular weight is 207 g/mol. The lowest BCUT2D eigenvalue weighted by Gasteiger charge is -2.05. The molecule has 4 heteroatoms. The topological polar surface area (TPSA) is 61.1 Å². The number of hydrogen-bond acceptors (Lipinski definition) is 2. The molecular weight excluding hydrogens is 197 g/mol. The largest absolute Gasteiger partial charge is 0.481 e. The molecule has 0 saturated carbocycles. The van der Waals surface area contributed by atoms with Crippen molar-refractivity contribution in [3.8, 4) is 6.07 Å². The molecule has 3 nitrogen and oxygen atoms in total. The molecule has 0 aliphatic heterocycles. The molecule has 0 aliphatic carbocycles. The summed E-state index contributed by atoms with van der Waals surface area (Å²) in [7, 11) is 0. The van der Waals surface area contributed by atoms with E-state index in [1.807, 2.05) is 6.07 Å². The zero-order chi connectivity index (χ0) is 11.4. The van der Waals surface area contributed by atoms with Crippen LogP contribution in [0.2, 0.25) is 0 Å². The van der Waals surface area contributed by atoms with E-state index in [2.05, 4.69) is 0 Å². The molecule has 0 bridgehead atoms. The van der Waals surface area contributed by atoms with Crippen LogP contribution in [-0.2, 0) is 17.6 Å². The number of nitriles is 1. The molecule has 0 spiro atoms. The van der Waals surface area contributed by atoms with E-state index in [9.17, 15) is 9.18 Å². The highest BCUT2D eigenvalue weighted by Crippen LogP contribution is 2.17. The van der Waals surface area contributed by atoms with Crippen LogP contribution in [0.1, 0.15) is 23.6 Å². The van der Waals surface area contributed by atoms with Gasteiger partial charge in [-0.1, -0.05) is 6.92 Å². The first-order valence-corrected chi connectivity index (χ1v) is 4.51. The van der Waals surface area contributed by atoms with Crippen LogP contribution in [0.5, 0.6) is 0 Å². The molecule has 0 unspecified atom stereocenters. The third-order valence-corrected chi connectivity index (χ3v) is 2.07. The van der Waals surface area contributed by atoms with Crippen molar-refractivity contribution in [1.82, 2.24) is 0 Å². The number of aliphatic carboxylic acids is 1. The molecule has 0 heterocycles. The summed E-state index contributed by atoms with van der Waals surface area (Å²) in [6.45, 7) is 1.75. The van der Waals surface area contributed by atoms with E-state index in [4.69, 9.17) is 10.4 Å². The van der Waals surface area contributed by atoms with Crippen LogP contribution in [0.3, 0.4) is 0 Å². The molecule has 0 atom stereocenters. The molecule has 0 saturated heterocycles. The number of halogens is 1. The van der Waals surface area contributed by atoms with E-state index in [-0.39, 0.29) is 5.56 Å². The number of carboxylic acid groups (broad SMARTS) is 1. The number of rotatable bonds is 3. The molecule has 78 valence electrons. The molecular formula is C11H10FNO2. The normalized spacial score (nSPS) is 9.67. The van der Waals surface area contributed by atoms with Crippen LogP contribution < -0.4 is 0 Å². The van der Waals surface area contributed by atoms with Crippen LogP contribution in [0.15, 0.2) is 12.1 Å². The van der Waals surface area contributed by atoms with E-state index < -0.39 is 18.2 Å². The van der Waals surface area contributed by atoms with Crippen molar-refractivity contribution in [3.05, 3.63) is 34.6 Å². The van der Waals surface area contributed by atoms with E-state index in [1.165, 1.54) is 12.1 Å². The minimum Gasteiger partial charge on any atom is -0.481 e. The number of carboxylic acids is 1. The Hall–Kier alpha value is -1.89. The lowest BCUT2D eigenvalue weighted by molar-refractivity contribution is -0.136. The highest BCUT2D eigenvalue weighted by molar-refractivity contribution is 5.70. The van der Waals surface area contributed by atoms with Gasteiger partial charge in [-0.3, -0.25) is 4.79 Å². The first-order chi connectivity index (χ1) is 7.08. The molecule has 0 aromatic heterocycles. The zero-order valence-electron chi connectivity index (χ0n) is 8.25. The SMILES string of the molecule is CCc1cc(C#N)cc(CC(=O)O)c1F. The second-order valence-corrected chi connectivity index (χ2v) is 3.14. The van der Waals surface area contributed by atoms with Crippen molar-refractivity contribution in [2.75, 3.05) is 0 Å². The Morgan fingerprint density at radius 3 is 2.60 bits per heavy atom. The van der Waals surface area contributed by atoms with E-state index >= 15 is 0 Å². The van der Waals surface area contributed by atoms with Crippen molar-refractivity contribution in [3.63, 3.8) is 0 Å². The Labute approximate surface area is 86.8 Å². The fourth-order valence-electron chi connectivity index (χ4n) is 1.36. The lowest BCUT2D eigenvalue weighted by atomic mass is 10.0. The van der Waals surface area contributed by atoms with E-state index in [0.29, 0.717) is 17.5 Å². The Morgan fingerprint density at radius 2 is 2.13 bits per heavy atom. The highest BCUT2D eigenvalue weighted by atomic mass is 19.1. The number of carbonyl (C=O) groups is 1. The highest BCUT2D eigenvalue weighted by Gasteiger charge is 2.12. The Balaban J connectivity index is 3.25. The van der Waals surface area contributed by atoms with Gasteiger partial charge < -0.3 is 5.11 Å². The van der Waals surface area contributed by atoms with Crippen LogP contribution in [0, 0.1) is 17.1 Å². The monoisotopic (exact) mass is 207 g/mol. The van der Waals surface area contributed by atoms with Gasteiger partial charge in [-0.25, -0.2) is 4.39 Å². The summed E-state index contributed by atoms with van der Waals surface area (Å²) in [6, 6.07) is 4.61. The molecule has 15 heavy (non-hydrogen) atoms. The quantitative estimate of drug-likeness (QED) is 0.823. The molecule has 0 amide bonds. The zero-order valence-corrected chi connectivity index (χ0v) is 8.25. The lowest BCUT2D eigenvalue weighted by Crippen LogP contribution is -2.05. The smallest absolute Gasteiger partial charge is 0.307 e. The summed E-state index contributed by atoms with van der Waals surface area (Å²) < 4.78 is 13.6. The summed E-state index contributed by atoms with van der Waals surface area (Å²) in [5.74, 6) is -1.62. The van der Waals surface area contributed by atoms with Gasteiger partial charge >= 0.3 is 5.97 Å². The minimum atomic E-state index is -1.11. The summed E-state index contributed by atoms with van der Waals surface area (Å²) in [6.07, 6.45) is 0.0440. The first kappa shape index (κ1) is 11.2. The van der Waals surface area contributed by atoms with Crippen LogP contribution in [0.25, 0.3) is 0 Å². The van der Waals surface area contributed by atoms with Gasteiger partial charge in [0.25, 0.3) is 0 Å². The van der Waals surface area contributed by atoms with Gasteiger partial charge in [0.05, 0.1) is 18.1 Å².